The summed E-state index contributed by atoms with van der Waals surface area (Å²) >= 11 is 4.24. The SMILES string of the molecule is CC(C)C(CS)CN1C(=O)c2ccccc2S1(=O)=O. The number of carbonyl (C=O) groups excluding carboxylic acids is 1. The summed E-state index contributed by atoms with van der Waals surface area (Å²) in [4.78, 5) is 12.3. The molecule has 0 aliphatic carbocycles. The van der Waals surface area contributed by atoms with Crippen LogP contribution >= 0.6 is 12.6 Å². The molecular formula is C13H17NO3S2. The molecule has 0 aromatic heterocycles. The fourth-order valence-electron chi connectivity index (χ4n) is 2.10. The molecule has 1 heterocycles. The molecule has 1 aliphatic rings. The van der Waals surface area contributed by atoms with Crippen molar-refractivity contribution in [1.29, 1.82) is 0 Å². The van der Waals surface area contributed by atoms with Gasteiger partial charge in [-0.3, -0.25) is 4.79 Å². The highest BCUT2D eigenvalue weighted by atomic mass is 32.2. The van der Waals surface area contributed by atoms with Crippen molar-refractivity contribution in [1.82, 2.24) is 4.31 Å². The van der Waals surface area contributed by atoms with Gasteiger partial charge in [0.1, 0.15) is 4.90 Å². The highest BCUT2D eigenvalue weighted by molar-refractivity contribution is 7.90. The van der Waals surface area contributed by atoms with Gasteiger partial charge in [-0.05, 0) is 29.7 Å². The average Bonchev–Trinajstić information content (AvgIpc) is 2.56. The van der Waals surface area contributed by atoms with Crippen LogP contribution in [0.3, 0.4) is 0 Å². The van der Waals surface area contributed by atoms with Gasteiger partial charge in [0.05, 0.1) is 5.56 Å². The molecule has 104 valence electrons. The predicted molar refractivity (Wildman–Crippen MR) is 76.8 cm³/mol. The second-order valence-corrected chi connectivity index (χ2v) is 7.22. The number of nitrogens with zero attached hydrogens (tertiary/aromatic N) is 1. The summed E-state index contributed by atoms with van der Waals surface area (Å²) in [6.45, 7) is 4.19. The fraction of sp³-hybridized carbons (Fsp3) is 0.462. The molecule has 1 aromatic rings. The molecule has 1 amide bonds. The molecule has 1 atom stereocenters. The first kappa shape index (κ1) is 14.4. The van der Waals surface area contributed by atoms with Gasteiger partial charge in [0, 0.05) is 6.54 Å². The Balaban J connectivity index is 2.38. The maximum absolute atomic E-state index is 12.3. The molecule has 1 aromatic carbocycles. The van der Waals surface area contributed by atoms with Crippen molar-refractivity contribution < 1.29 is 13.2 Å². The number of sulfonamides is 1. The molecule has 0 saturated carbocycles. The van der Waals surface area contributed by atoms with Gasteiger partial charge in [-0.1, -0.05) is 26.0 Å². The zero-order chi connectivity index (χ0) is 14.2. The summed E-state index contributed by atoms with van der Waals surface area (Å²) in [6.07, 6.45) is 0. The fourth-order valence-corrected chi connectivity index (χ4v) is 4.27. The number of carbonyl (C=O) groups is 1. The highest BCUT2D eigenvalue weighted by Gasteiger charge is 2.41. The molecule has 0 saturated heterocycles. The van der Waals surface area contributed by atoms with E-state index < -0.39 is 15.9 Å². The molecule has 4 nitrogen and oxygen atoms in total. The zero-order valence-corrected chi connectivity index (χ0v) is 12.6. The van der Waals surface area contributed by atoms with Gasteiger partial charge in [0.15, 0.2) is 0 Å². The monoisotopic (exact) mass is 299 g/mol. The van der Waals surface area contributed by atoms with Gasteiger partial charge < -0.3 is 0 Å². The van der Waals surface area contributed by atoms with Crippen LogP contribution in [0.4, 0.5) is 0 Å². The molecule has 1 aliphatic heterocycles. The topological polar surface area (TPSA) is 54.5 Å². The van der Waals surface area contributed by atoms with E-state index in [4.69, 9.17) is 0 Å². The van der Waals surface area contributed by atoms with Crippen molar-refractivity contribution in [3.63, 3.8) is 0 Å². The van der Waals surface area contributed by atoms with Crippen molar-refractivity contribution in [2.24, 2.45) is 11.8 Å². The maximum atomic E-state index is 12.3. The molecule has 2 rings (SSSR count). The van der Waals surface area contributed by atoms with Gasteiger partial charge in [-0.15, -0.1) is 0 Å². The number of hydrogen-bond donors (Lipinski definition) is 1. The number of hydrogen-bond acceptors (Lipinski definition) is 4. The third kappa shape index (κ3) is 2.39. The third-order valence-electron chi connectivity index (χ3n) is 3.49. The van der Waals surface area contributed by atoms with Crippen LogP contribution in [0.25, 0.3) is 0 Å². The summed E-state index contributed by atoms with van der Waals surface area (Å²) in [5.74, 6) is 0.441. The lowest BCUT2D eigenvalue weighted by Gasteiger charge is -2.24. The summed E-state index contributed by atoms with van der Waals surface area (Å²) in [7, 11) is -3.68. The summed E-state index contributed by atoms with van der Waals surface area (Å²) in [5.41, 5.74) is 0.268. The van der Waals surface area contributed by atoms with Crippen molar-refractivity contribution >= 4 is 28.6 Å². The Morgan fingerprint density at radius 3 is 2.42 bits per heavy atom. The van der Waals surface area contributed by atoms with E-state index in [1.165, 1.54) is 6.07 Å². The Bertz CT molecular complexity index is 596. The molecule has 19 heavy (non-hydrogen) atoms. The van der Waals surface area contributed by atoms with Gasteiger partial charge in [0.25, 0.3) is 15.9 Å². The van der Waals surface area contributed by atoms with E-state index in [0.29, 0.717) is 5.75 Å². The van der Waals surface area contributed by atoms with E-state index in [1.54, 1.807) is 18.2 Å². The average molecular weight is 299 g/mol. The predicted octanol–water partition coefficient (Wildman–Crippen LogP) is 2.03. The molecule has 0 fully saturated rings. The molecular weight excluding hydrogens is 282 g/mol. The first-order valence-electron chi connectivity index (χ1n) is 6.16. The van der Waals surface area contributed by atoms with Crippen molar-refractivity contribution in [2.75, 3.05) is 12.3 Å². The molecule has 1 unspecified atom stereocenters. The first-order chi connectivity index (χ1) is 8.89. The van der Waals surface area contributed by atoms with Gasteiger partial charge in [0.2, 0.25) is 0 Å². The van der Waals surface area contributed by atoms with Crippen LogP contribution in [0.2, 0.25) is 0 Å². The van der Waals surface area contributed by atoms with Crippen LogP contribution in [0.15, 0.2) is 29.2 Å². The Morgan fingerprint density at radius 2 is 1.89 bits per heavy atom. The number of thiol groups is 1. The standard InChI is InChI=1S/C13H17NO3S2/c1-9(2)10(8-18)7-14-13(15)11-5-3-4-6-12(11)19(14,16)17/h3-6,9-10,18H,7-8H2,1-2H3. The van der Waals surface area contributed by atoms with E-state index in [9.17, 15) is 13.2 Å². The van der Waals surface area contributed by atoms with E-state index in [2.05, 4.69) is 12.6 Å². The number of fused-ring (bicyclic) bond motifs is 1. The Hall–Kier alpha value is -1.01. The first-order valence-corrected chi connectivity index (χ1v) is 8.23. The minimum absolute atomic E-state index is 0.0522. The maximum Gasteiger partial charge on any atom is 0.269 e. The smallest absolute Gasteiger partial charge is 0.268 e. The molecule has 0 radical (unpaired) electrons. The summed E-state index contributed by atoms with van der Waals surface area (Å²) < 4.78 is 25.7. The molecule has 0 N–H and O–H groups in total. The van der Waals surface area contributed by atoms with Crippen LogP contribution in [-0.4, -0.2) is 30.9 Å². The normalized spacial score (nSPS) is 18.7. The van der Waals surface area contributed by atoms with E-state index in [1.807, 2.05) is 13.8 Å². The van der Waals surface area contributed by atoms with E-state index in [0.717, 1.165) is 4.31 Å². The van der Waals surface area contributed by atoms with Crippen LogP contribution in [-0.2, 0) is 10.0 Å². The van der Waals surface area contributed by atoms with Gasteiger partial charge >= 0.3 is 0 Å². The van der Waals surface area contributed by atoms with Gasteiger partial charge in [-0.25, -0.2) is 12.7 Å². The van der Waals surface area contributed by atoms with Crippen molar-refractivity contribution in [3.8, 4) is 0 Å². The van der Waals surface area contributed by atoms with E-state index in [-0.39, 0.29) is 28.8 Å². The second-order valence-electron chi connectivity index (χ2n) is 5.02. The molecule has 0 bridgehead atoms. The second kappa shape index (κ2) is 5.17. The highest BCUT2D eigenvalue weighted by Crippen LogP contribution is 2.31. The molecule has 6 heteroatoms. The number of benzene rings is 1. The van der Waals surface area contributed by atoms with Crippen LogP contribution in [0.1, 0.15) is 24.2 Å². The lowest BCUT2D eigenvalue weighted by atomic mass is 9.98. The number of rotatable bonds is 4. The molecule has 0 spiro atoms. The van der Waals surface area contributed by atoms with Crippen molar-refractivity contribution in [3.05, 3.63) is 29.8 Å². The lowest BCUT2D eigenvalue weighted by molar-refractivity contribution is 0.0853. The zero-order valence-electron chi connectivity index (χ0n) is 10.9. The summed E-state index contributed by atoms with van der Waals surface area (Å²) in [6, 6.07) is 6.34. The lowest BCUT2D eigenvalue weighted by Crippen LogP contribution is -2.37. The van der Waals surface area contributed by atoms with Crippen LogP contribution < -0.4 is 0 Å². The van der Waals surface area contributed by atoms with Crippen LogP contribution in [0, 0.1) is 11.8 Å². The number of amides is 1. The summed E-state index contributed by atoms with van der Waals surface area (Å²) in [5, 5.41) is 0. The van der Waals surface area contributed by atoms with E-state index >= 15 is 0 Å². The largest absolute Gasteiger partial charge is 0.269 e. The van der Waals surface area contributed by atoms with Gasteiger partial charge in [-0.2, -0.15) is 12.6 Å². The minimum atomic E-state index is -3.68. The van der Waals surface area contributed by atoms with Crippen molar-refractivity contribution in [2.45, 2.75) is 18.7 Å². The minimum Gasteiger partial charge on any atom is -0.268 e. The Morgan fingerprint density at radius 1 is 1.26 bits per heavy atom. The quantitative estimate of drug-likeness (QED) is 0.866. The Kier molecular flexibility index (Phi) is 3.92. The Labute approximate surface area is 119 Å². The third-order valence-corrected chi connectivity index (χ3v) is 5.77. The van der Waals surface area contributed by atoms with Crippen LogP contribution in [0.5, 0.6) is 0 Å².